The summed E-state index contributed by atoms with van der Waals surface area (Å²) in [5.41, 5.74) is 1.97. The van der Waals surface area contributed by atoms with Crippen LogP contribution in [0.2, 0.25) is 0 Å². The van der Waals surface area contributed by atoms with E-state index in [0.29, 0.717) is 12.0 Å². The third-order valence-corrected chi connectivity index (χ3v) is 3.35. The van der Waals surface area contributed by atoms with Gasteiger partial charge in [-0.2, -0.15) is 0 Å². The minimum Gasteiger partial charge on any atom is -0.434 e. The molecule has 1 aromatic carbocycles. The predicted octanol–water partition coefficient (Wildman–Crippen LogP) is 4.24. The van der Waals surface area contributed by atoms with Gasteiger partial charge < -0.3 is 10.1 Å². The smallest absolute Gasteiger partial charge is 0.237 e. The molecule has 0 aliphatic carbocycles. The molecular weight excluding hydrogens is 293 g/mol. The number of benzene rings is 1. The van der Waals surface area contributed by atoms with Gasteiger partial charge in [0.1, 0.15) is 0 Å². The van der Waals surface area contributed by atoms with Gasteiger partial charge in [-0.15, -0.1) is 0 Å². The maximum atomic E-state index is 14.1. The molecule has 1 N–H and O–H groups in total. The molecule has 0 fully saturated rings. The molecule has 0 aliphatic heterocycles. The summed E-state index contributed by atoms with van der Waals surface area (Å²) >= 11 is 0. The molecule has 2 aromatic rings. The number of hydrogen-bond acceptors (Lipinski definition) is 4. The van der Waals surface area contributed by atoms with E-state index in [1.165, 1.54) is 12.3 Å². The van der Waals surface area contributed by atoms with Crippen LogP contribution in [-0.4, -0.2) is 16.5 Å². The van der Waals surface area contributed by atoms with Gasteiger partial charge >= 0.3 is 0 Å². The number of rotatable bonds is 6. The van der Waals surface area contributed by atoms with Gasteiger partial charge in [-0.3, -0.25) is 4.98 Å². The van der Waals surface area contributed by atoms with Crippen LogP contribution in [0.4, 0.5) is 4.39 Å². The largest absolute Gasteiger partial charge is 0.434 e. The Morgan fingerprint density at radius 3 is 2.57 bits per heavy atom. The number of aromatic nitrogens is 2. The van der Waals surface area contributed by atoms with Crippen LogP contribution < -0.4 is 10.1 Å². The van der Waals surface area contributed by atoms with E-state index < -0.39 is 5.82 Å². The Labute approximate surface area is 137 Å². The Morgan fingerprint density at radius 1 is 1.17 bits per heavy atom. The standard InChI is InChI=1S/C18H24FN3O/c1-13-10-22-17(12-21-13)23-16-6-5-14(9-15(16)19)11-20-8-7-18(2,3)4/h5-6,9-10,12,20H,7-8,11H2,1-4H3. The van der Waals surface area contributed by atoms with Crippen LogP contribution >= 0.6 is 0 Å². The number of nitrogens with one attached hydrogen (secondary N) is 1. The van der Waals surface area contributed by atoms with Crippen molar-refractivity contribution < 1.29 is 9.13 Å². The van der Waals surface area contributed by atoms with Gasteiger partial charge in [-0.05, 0) is 43.0 Å². The lowest BCUT2D eigenvalue weighted by Crippen LogP contribution is -2.20. The summed E-state index contributed by atoms with van der Waals surface area (Å²) in [7, 11) is 0. The van der Waals surface area contributed by atoms with E-state index in [1.54, 1.807) is 12.3 Å². The molecule has 0 radical (unpaired) electrons. The highest BCUT2D eigenvalue weighted by molar-refractivity contribution is 5.31. The molecule has 0 saturated heterocycles. The fourth-order valence-corrected chi connectivity index (χ4v) is 1.98. The zero-order chi connectivity index (χ0) is 16.9. The summed E-state index contributed by atoms with van der Waals surface area (Å²) in [5.74, 6) is 0.0367. The van der Waals surface area contributed by atoms with Gasteiger partial charge in [-0.1, -0.05) is 26.8 Å². The summed E-state index contributed by atoms with van der Waals surface area (Å²) in [5, 5.41) is 3.33. The second-order valence-electron chi connectivity index (χ2n) is 6.85. The van der Waals surface area contributed by atoms with Crippen LogP contribution in [-0.2, 0) is 6.54 Å². The van der Waals surface area contributed by atoms with Crippen LogP contribution in [0.3, 0.4) is 0 Å². The van der Waals surface area contributed by atoms with E-state index >= 15 is 0 Å². The Balaban J connectivity index is 1.91. The van der Waals surface area contributed by atoms with Crippen molar-refractivity contribution in [2.24, 2.45) is 5.41 Å². The molecule has 4 nitrogen and oxygen atoms in total. The SMILES string of the molecule is Cc1cnc(Oc2ccc(CNCCC(C)(C)C)cc2F)cn1. The predicted molar refractivity (Wildman–Crippen MR) is 89.0 cm³/mol. The highest BCUT2D eigenvalue weighted by atomic mass is 19.1. The third kappa shape index (κ3) is 5.94. The van der Waals surface area contributed by atoms with Crippen molar-refractivity contribution in [3.05, 3.63) is 47.7 Å². The van der Waals surface area contributed by atoms with Crippen LogP contribution in [0.25, 0.3) is 0 Å². The zero-order valence-corrected chi connectivity index (χ0v) is 14.2. The molecule has 0 unspecified atom stereocenters. The topological polar surface area (TPSA) is 47.0 Å². The van der Waals surface area contributed by atoms with Crippen molar-refractivity contribution in [3.63, 3.8) is 0 Å². The van der Waals surface area contributed by atoms with Crippen LogP contribution in [0, 0.1) is 18.2 Å². The summed E-state index contributed by atoms with van der Waals surface area (Å²) in [6, 6.07) is 4.96. The van der Waals surface area contributed by atoms with Crippen molar-refractivity contribution in [2.45, 2.75) is 40.7 Å². The van der Waals surface area contributed by atoms with Crippen molar-refractivity contribution >= 4 is 0 Å². The van der Waals surface area contributed by atoms with Crippen LogP contribution in [0.1, 0.15) is 38.4 Å². The normalized spacial score (nSPS) is 11.5. The Morgan fingerprint density at radius 2 is 1.96 bits per heavy atom. The molecule has 124 valence electrons. The molecule has 2 rings (SSSR count). The zero-order valence-electron chi connectivity index (χ0n) is 14.2. The number of aryl methyl sites for hydroxylation is 1. The van der Waals surface area contributed by atoms with E-state index in [2.05, 4.69) is 36.1 Å². The molecule has 0 saturated carbocycles. The fourth-order valence-electron chi connectivity index (χ4n) is 1.98. The molecule has 5 heteroatoms. The third-order valence-electron chi connectivity index (χ3n) is 3.35. The Kier molecular flexibility index (Phi) is 5.66. The first-order valence-electron chi connectivity index (χ1n) is 7.79. The molecule has 0 aliphatic rings. The first kappa shape index (κ1) is 17.3. The summed E-state index contributed by atoms with van der Waals surface area (Å²) in [6.07, 6.45) is 4.14. The maximum Gasteiger partial charge on any atom is 0.237 e. The van der Waals surface area contributed by atoms with Gasteiger partial charge in [-0.25, -0.2) is 9.37 Å². The van der Waals surface area contributed by atoms with Gasteiger partial charge in [0.05, 0.1) is 18.1 Å². The van der Waals surface area contributed by atoms with E-state index in [-0.39, 0.29) is 11.6 Å². The van der Waals surface area contributed by atoms with Gasteiger partial charge in [0.2, 0.25) is 5.88 Å². The monoisotopic (exact) mass is 317 g/mol. The van der Waals surface area contributed by atoms with E-state index in [4.69, 9.17) is 4.74 Å². The maximum absolute atomic E-state index is 14.1. The van der Waals surface area contributed by atoms with Crippen LogP contribution in [0.5, 0.6) is 11.6 Å². The summed E-state index contributed by atoms with van der Waals surface area (Å²) < 4.78 is 19.5. The molecule has 0 bridgehead atoms. The Hall–Kier alpha value is -2.01. The Bertz CT molecular complexity index is 636. The molecule has 0 amide bonds. The van der Waals surface area contributed by atoms with Gasteiger partial charge in [0, 0.05) is 6.54 Å². The number of hydrogen-bond donors (Lipinski definition) is 1. The lowest BCUT2D eigenvalue weighted by atomic mass is 9.92. The average molecular weight is 317 g/mol. The lowest BCUT2D eigenvalue weighted by molar-refractivity contribution is 0.366. The number of nitrogens with zero attached hydrogens (tertiary/aromatic N) is 2. The second-order valence-corrected chi connectivity index (χ2v) is 6.85. The fraction of sp³-hybridized carbons (Fsp3) is 0.444. The van der Waals surface area contributed by atoms with E-state index in [1.807, 2.05) is 13.0 Å². The van der Waals surface area contributed by atoms with E-state index in [0.717, 1.165) is 24.2 Å². The van der Waals surface area contributed by atoms with Crippen molar-refractivity contribution in [2.75, 3.05) is 6.54 Å². The highest BCUT2D eigenvalue weighted by Crippen LogP contribution is 2.23. The highest BCUT2D eigenvalue weighted by Gasteiger charge is 2.10. The molecule has 0 atom stereocenters. The molecule has 0 spiro atoms. The van der Waals surface area contributed by atoms with E-state index in [9.17, 15) is 4.39 Å². The molecule has 1 heterocycles. The number of ether oxygens (including phenoxy) is 1. The van der Waals surface area contributed by atoms with Crippen molar-refractivity contribution in [1.29, 1.82) is 0 Å². The average Bonchev–Trinajstić information content (AvgIpc) is 2.47. The minimum atomic E-state index is -0.400. The first-order valence-corrected chi connectivity index (χ1v) is 7.79. The summed E-state index contributed by atoms with van der Waals surface area (Å²) in [4.78, 5) is 8.13. The van der Waals surface area contributed by atoms with Crippen molar-refractivity contribution in [3.8, 4) is 11.6 Å². The van der Waals surface area contributed by atoms with Gasteiger partial charge in [0.15, 0.2) is 11.6 Å². The molecule has 1 aromatic heterocycles. The molecule has 23 heavy (non-hydrogen) atoms. The first-order chi connectivity index (χ1) is 10.8. The van der Waals surface area contributed by atoms with Crippen LogP contribution in [0.15, 0.2) is 30.6 Å². The lowest BCUT2D eigenvalue weighted by Gasteiger charge is -2.18. The summed E-state index contributed by atoms with van der Waals surface area (Å²) in [6.45, 7) is 9.98. The van der Waals surface area contributed by atoms with Gasteiger partial charge in [0.25, 0.3) is 0 Å². The molecular formula is C18H24FN3O. The number of halogens is 1. The second kappa shape index (κ2) is 7.51. The minimum absolute atomic E-state index is 0.154. The van der Waals surface area contributed by atoms with Crippen molar-refractivity contribution in [1.82, 2.24) is 15.3 Å². The quantitative estimate of drug-likeness (QED) is 0.809.